The molecule has 0 atom stereocenters. The van der Waals surface area contributed by atoms with Crippen LogP contribution in [0.5, 0.6) is 11.5 Å². The summed E-state index contributed by atoms with van der Waals surface area (Å²) < 4.78 is 11.0. The Bertz CT molecular complexity index is 498. The van der Waals surface area contributed by atoms with Crippen molar-refractivity contribution in [2.75, 3.05) is 13.2 Å². The Labute approximate surface area is 147 Å². The van der Waals surface area contributed by atoms with Crippen LogP contribution >= 0.6 is 23.2 Å². The number of benzene rings is 1. The van der Waals surface area contributed by atoms with Crippen molar-refractivity contribution >= 4 is 29.1 Å². The molecule has 0 aromatic heterocycles. The van der Waals surface area contributed by atoms with E-state index >= 15 is 0 Å². The van der Waals surface area contributed by atoms with Gasteiger partial charge in [-0.1, -0.05) is 28.4 Å². The summed E-state index contributed by atoms with van der Waals surface area (Å²) in [6, 6.07) is 2.80. The maximum Gasteiger partial charge on any atom is 0.222 e. The highest BCUT2D eigenvalue weighted by atomic mass is 35.5. The molecule has 7 heteroatoms. The maximum absolute atomic E-state index is 9.34. The van der Waals surface area contributed by atoms with E-state index in [-0.39, 0.29) is 11.9 Å². The lowest BCUT2D eigenvalue weighted by Gasteiger charge is -2.10. The standard InChI is InChI=1S/C16H23Cl2NO4/c1-11(2)23-19-12(3)21-7-5-4-6-8-22-16-14(17)9-13(20)10-15(16)18/h9-11,20H,4-8H2,1-3H3. The lowest BCUT2D eigenvalue weighted by molar-refractivity contribution is 0.0773. The number of phenols is 1. The number of hydrogen-bond donors (Lipinski definition) is 1. The average molecular weight is 364 g/mol. The lowest BCUT2D eigenvalue weighted by Crippen LogP contribution is -2.06. The second-order valence-electron chi connectivity index (χ2n) is 5.26. The van der Waals surface area contributed by atoms with E-state index in [4.69, 9.17) is 37.5 Å². The molecule has 0 radical (unpaired) electrons. The summed E-state index contributed by atoms with van der Waals surface area (Å²) in [4.78, 5) is 5.08. The second kappa shape index (κ2) is 10.4. The predicted molar refractivity (Wildman–Crippen MR) is 92.8 cm³/mol. The molecule has 0 saturated heterocycles. The van der Waals surface area contributed by atoms with Crippen molar-refractivity contribution in [3.8, 4) is 11.5 Å². The molecule has 0 spiro atoms. The van der Waals surface area contributed by atoms with Crippen molar-refractivity contribution in [1.82, 2.24) is 0 Å². The van der Waals surface area contributed by atoms with Gasteiger partial charge in [-0.05, 0) is 33.1 Å². The zero-order chi connectivity index (χ0) is 17.2. The first-order valence-corrected chi connectivity index (χ1v) is 8.29. The normalized spacial score (nSPS) is 11.7. The quantitative estimate of drug-likeness (QED) is 0.289. The molecule has 1 N–H and O–H groups in total. The number of phenolic OH excluding ortho intramolecular Hbond substituents is 1. The highest BCUT2D eigenvalue weighted by Crippen LogP contribution is 2.36. The van der Waals surface area contributed by atoms with Gasteiger partial charge in [-0.3, -0.25) is 0 Å². The first-order valence-electron chi connectivity index (χ1n) is 7.54. The summed E-state index contributed by atoms with van der Waals surface area (Å²) in [5, 5.41) is 13.8. The molecule has 0 unspecified atom stereocenters. The van der Waals surface area contributed by atoms with E-state index in [2.05, 4.69) is 5.16 Å². The number of nitrogens with zero attached hydrogens (tertiary/aromatic N) is 1. The largest absolute Gasteiger partial charge is 0.508 e. The number of oxime groups is 1. The summed E-state index contributed by atoms with van der Waals surface area (Å²) in [5.41, 5.74) is 0. The molecule has 0 bridgehead atoms. The Morgan fingerprint density at radius 2 is 1.74 bits per heavy atom. The Kier molecular flexibility index (Phi) is 8.95. The van der Waals surface area contributed by atoms with Crippen LogP contribution in [0.1, 0.15) is 40.0 Å². The third kappa shape index (κ3) is 8.18. The number of halogens is 2. The number of rotatable bonds is 9. The van der Waals surface area contributed by atoms with Gasteiger partial charge in [-0.2, -0.15) is 0 Å². The van der Waals surface area contributed by atoms with Gasteiger partial charge in [0.1, 0.15) is 11.9 Å². The van der Waals surface area contributed by atoms with Gasteiger partial charge >= 0.3 is 0 Å². The molecule has 1 aromatic rings. The van der Waals surface area contributed by atoms with Crippen LogP contribution < -0.4 is 4.74 Å². The Morgan fingerprint density at radius 3 is 2.35 bits per heavy atom. The molecule has 0 aliphatic rings. The van der Waals surface area contributed by atoms with Crippen LogP contribution in [0.25, 0.3) is 0 Å². The SMILES string of the molecule is CC(=NOC(C)C)OCCCCCOc1c(Cl)cc(O)cc1Cl. The number of hydrogen-bond acceptors (Lipinski definition) is 5. The summed E-state index contributed by atoms with van der Waals surface area (Å²) in [7, 11) is 0. The number of unbranched alkanes of at least 4 members (excludes halogenated alkanes) is 2. The number of aromatic hydroxyl groups is 1. The molecule has 23 heavy (non-hydrogen) atoms. The molecule has 0 aliphatic heterocycles. The molecule has 1 rings (SSSR count). The van der Waals surface area contributed by atoms with E-state index in [1.807, 2.05) is 13.8 Å². The smallest absolute Gasteiger partial charge is 0.222 e. The molecule has 0 heterocycles. The fourth-order valence-corrected chi connectivity index (χ4v) is 2.25. The van der Waals surface area contributed by atoms with Crippen molar-refractivity contribution in [3.05, 3.63) is 22.2 Å². The van der Waals surface area contributed by atoms with E-state index in [9.17, 15) is 5.11 Å². The van der Waals surface area contributed by atoms with Gasteiger partial charge in [-0.25, -0.2) is 0 Å². The zero-order valence-electron chi connectivity index (χ0n) is 13.6. The summed E-state index contributed by atoms with van der Waals surface area (Å²) in [6.45, 7) is 6.65. The molecule has 0 aliphatic carbocycles. The molecule has 0 amide bonds. The zero-order valence-corrected chi connectivity index (χ0v) is 15.2. The van der Waals surface area contributed by atoms with Gasteiger partial charge in [0.25, 0.3) is 0 Å². The molecule has 0 saturated carbocycles. The van der Waals surface area contributed by atoms with Crippen LogP contribution in [0.4, 0.5) is 0 Å². The van der Waals surface area contributed by atoms with Gasteiger partial charge in [0.05, 0.1) is 23.3 Å². The van der Waals surface area contributed by atoms with Gasteiger partial charge < -0.3 is 19.4 Å². The highest BCUT2D eigenvalue weighted by Gasteiger charge is 2.09. The van der Waals surface area contributed by atoms with E-state index < -0.39 is 0 Å². The Morgan fingerprint density at radius 1 is 1.13 bits per heavy atom. The minimum absolute atomic E-state index is 0.0166. The monoisotopic (exact) mass is 363 g/mol. The average Bonchev–Trinajstić information content (AvgIpc) is 2.46. The lowest BCUT2D eigenvalue weighted by atomic mass is 10.2. The van der Waals surface area contributed by atoms with Crippen molar-refractivity contribution < 1.29 is 19.4 Å². The fourth-order valence-electron chi connectivity index (χ4n) is 1.67. The van der Waals surface area contributed by atoms with Crippen molar-refractivity contribution in [3.63, 3.8) is 0 Å². The first kappa shape index (κ1) is 19.7. The molecular formula is C16H23Cl2NO4. The molecule has 130 valence electrons. The maximum atomic E-state index is 9.34. The van der Waals surface area contributed by atoms with Gasteiger partial charge in [0.15, 0.2) is 5.75 Å². The predicted octanol–water partition coefficient (Wildman–Crippen LogP) is 5.02. The van der Waals surface area contributed by atoms with Crippen LogP contribution in [0.15, 0.2) is 17.3 Å². The Balaban J connectivity index is 2.16. The third-order valence-corrected chi connectivity index (χ3v) is 3.28. The van der Waals surface area contributed by atoms with Gasteiger partial charge in [-0.15, -0.1) is 0 Å². The van der Waals surface area contributed by atoms with Crippen LogP contribution in [0.3, 0.4) is 0 Å². The van der Waals surface area contributed by atoms with E-state index in [1.165, 1.54) is 12.1 Å². The summed E-state index contributed by atoms with van der Waals surface area (Å²) in [6.07, 6.45) is 2.71. The van der Waals surface area contributed by atoms with Crippen LogP contribution in [0.2, 0.25) is 10.0 Å². The van der Waals surface area contributed by atoms with Crippen molar-refractivity contribution in [2.45, 2.75) is 46.1 Å². The van der Waals surface area contributed by atoms with Crippen molar-refractivity contribution in [2.24, 2.45) is 5.16 Å². The van der Waals surface area contributed by atoms with Crippen molar-refractivity contribution in [1.29, 1.82) is 0 Å². The second-order valence-corrected chi connectivity index (χ2v) is 6.07. The molecule has 0 fully saturated rings. The third-order valence-electron chi connectivity index (χ3n) is 2.72. The van der Waals surface area contributed by atoms with E-state index in [0.29, 0.717) is 34.9 Å². The van der Waals surface area contributed by atoms with Gasteiger partial charge in [0, 0.05) is 19.1 Å². The molecule has 1 aromatic carbocycles. The van der Waals surface area contributed by atoms with E-state index in [1.54, 1.807) is 6.92 Å². The molecule has 5 nitrogen and oxygen atoms in total. The molecular weight excluding hydrogens is 341 g/mol. The topological polar surface area (TPSA) is 60.3 Å². The highest BCUT2D eigenvalue weighted by molar-refractivity contribution is 6.37. The van der Waals surface area contributed by atoms with Crippen LogP contribution in [0, 0.1) is 0 Å². The first-order chi connectivity index (χ1) is 10.9. The summed E-state index contributed by atoms with van der Waals surface area (Å²) >= 11 is 11.9. The van der Waals surface area contributed by atoms with Crippen LogP contribution in [-0.2, 0) is 9.57 Å². The summed E-state index contributed by atoms with van der Waals surface area (Å²) in [5.74, 6) is 0.941. The van der Waals surface area contributed by atoms with E-state index in [0.717, 1.165) is 19.3 Å². The Hall–Kier alpha value is -1.33. The van der Waals surface area contributed by atoms with Crippen LogP contribution in [-0.4, -0.2) is 30.3 Å². The fraction of sp³-hybridized carbons (Fsp3) is 0.562. The van der Waals surface area contributed by atoms with Gasteiger partial charge in [0.2, 0.25) is 5.90 Å². The minimum atomic E-state index is 0.0166. The number of ether oxygens (including phenoxy) is 2. The minimum Gasteiger partial charge on any atom is -0.508 e.